The van der Waals surface area contributed by atoms with Gasteiger partial charge in [0.25, 0.3) is 0 Å². The molecule has 0 spiro atoms. The van der Waals surface area contributed by atoms with E-state index >= 15 is 0 Å². The number of rotatable bonds is 10. The molecule has 0 aliphatic carbocycles. The molecule has 1 N–H and O–H groups in total. The Bertz CT molecular complexity index is 756. The molecule has 0 saturated carbocycles. The first-order valence-electron chi connectivity index (χ1n) is 8.85. The predicted octanol–water partition coefficient (Wildman–Crippen LogP) is 0.535. The van der Waals surface area contributed by atoms with Gasteiger partial charge in [-0.2, -0.15) is 13.1 Å². The van der Waals surface area contributed by atoms with Gasteiger partial charge in [-0.15, -0.1) is 0 Å². The third kappa shape index (κ3) is 12.5. The van der Waals surface area contributed by atoms with Gasteiger partial charge in [0.2, 0.25) is 3.79 Å². The van der Waals surface area contributed by atoms with Crippen LogP contribution in [0.25, 0.3) is 0 Å². The lowest BCUT2D eigenvalue weighted by Gasteiger charge is -2.26. The molecular weight excluding hydrogens is 501 g/mol. The molecule has 1 unspecified atom stereocenters. The first-order chi connectivity index (χ1) is 14.3. The number of likely N-dealkylation sites (N-methyl/N-ethyl adjacent to an activating group) is 1. The van der Waals surface area contributed by atoms with Gasteiger partial charge in [-0.3, -0.25) is 23.5 Å². The molecule has 1 heterocycles. The molecule has 0 aromatic rings. The lowest BCUT2D eigenvalue weighted by Crippen LogP contribution is -2.53. The van der Waals surface area contributed by atoms with Crippen LogP contribution in [0.2, 0.25) is 0 Å². The maximum atomic E-state index is 12.2. The van der Waals surface area contributed by atoms with Crippen LogP contribution in [0.1, 0.15) is 19.3 Å². The first-order valence-corrected chi connectivity index (χ1v) is 11.4. The fourth-order valence-electron chi connectivity index (χ4n) is 2.24. The van der Waals surface area contributed by atoms with Gasteiger partial charge in [0, 0.05) is 6.42 Å². The van der Waals surface area contributed by atoms with Crippen molar-refractivity contribution in [2.45, 2.75) is 29.0 Å². The Morgan fingerprint density at radius 1 is 1.29 bits per heavy atom. The van der Waals surface area contributed by atoms with Gasteiger partial charge in [-0.1, -0.05) is 47.0 Å². The van der Waals surface area contributed by atoms with E-state index in [0.29, 0.717) is 12.8 Å². The molecule has 1 rings (SSSR count). The molecule has 31 heavy (non-hydrogen) atoms. The second-order valence-corrected chi connectivity index (χ2v) is 10.3. The monoisotopic (exact) mass is 522 g/mol. The summed E-state index contributed by atoms with van der Waals surface area (Å²) in [6.45, 7) is -1.22. The summed E-state index contributed by atoms with van der Waals surface area (Å²) in [6, 6.07) is 0. The number of halogens is 3. The predicted molar refractivity (Wildman–Crippen MR) is 113 cm³/mol. The van der Waals surface area contributed by atoms with Gasteiger partial charge in [-0.05, 0) is 19.9 Å². The minimum Gasteiger partial charge on any atom is -0.497 e. The second kappa shape index (κ2) is 12.8. The molecule has 0 aromatic heterocycles. The Labute approximate surface area is 195 Å². The van der Waals surface area contributed by atoms with Crippen molar-refractivity contribution in [3.63, 3.8) is 0 Å². The van der Waals surface area contributed by atoms with Crippen molar-refractivity contribution in [2.75, 3.05) is 33.9 Å². The van der Waals surface area contributed by atoms with E-state index in [9.17, 15) is 22.8 Å². The van der Waals surface area contributed by atoms with Gasteiger partial charge in [0.15, 0.2) is 0 Å². The van der Waals surface area contributed by atoms with Crippen LogP contribution in [0, 0.1) is 0 Å². The van der Waals surface area contributed by atoms with E-state index in [1.165, 1.54) is 31.2 Å². The van der Waals surface area contributed by atoms with E-state index in [1.54, 1.807) is 0 Å². The van der Waals surface area contributed by atoms with Crippen molar-refractivity contribution in [2.24, 2.45) is 0 Å². The maximum Gasteiger partial charge on any atom is 0.622 e. The molecule has 1 aliphatic rings. The normalized spacial score (nSPS) is 17.6. The Morgan fingerprint density at radius 3 is 2.39 bits per heavy atom. The highest BCUT2D eigenvalue weighted by molar-refractivity contribution is 7.84. The summed E-state index contributed by atoms with van der Waals surface area (Å²) >= 11 is 16.5. The van der Waals surface area contributed by atoms with Crippen LogP contribution in [0.4, 0.5) is 0 Å². The first kappa shape index (κ1) is 27.9. The number of ether oxygens (including phenoxy) is 1. The van der Waals surface area contributed by atoms with Crippen LogP contribution < -0.4 is 4.72 Å². The molecule has 1 fully saturated rings. The van der Waals surface area contributed by atoms with Gasteiger partial charge in [0.05, 0.1) is 20.2 Å². The number of unbranched alkanes of at least 4 members (excludes halogenated alkanes) is 1. The van der Waals surface area contributed by atoms with E-state index in [-0.39, 0.29) is 19.5 Å². The van der Waals surface area contributed by atoms with Crippen molar-refractivity contribution in [1.82, 2.24) is 9.62 Å². The number of nitrogens with zero attached hydrogens (tertiary/aromatic N) is 1. The minimum absolute atomic E-state index is 0.142. The lowest BCUT2D eigenvalue weighted by molar-refractivity contribution is -0.146. The second-order valence-electron chi connectivity index (χ2n) is 6.39. The molecule has 176 valence electrons. The van der Waals surface area contributed by atoms with Crippen LogP contribution >= 0.6 is 34.8 Å². The summed E-state index contributed by atoms with van der Waals surface area (Å²) in [5.74, 6) is -3.25. The number of carbonyl (C=O) groups excluding carboxylic acids is 3. The van der Waals surface area contributed by atoms with Crippen molar-refractivity contribution < 1.29 is 41.0 Å². The largest absolute Gasteiger partial charge is 0.622 e. The van der Waals surface area contributed by atoms with E-state index in [2.05, 4.69) is 13.6 Å². The third-order valence-corrected chi connectivity index (χ3v) is 4.88. The van der Waals surface area contributed by atoms with Gasteiger partial charge in [0.1, 0.15) is 12.5 Å². The highest BCUT2D eigenvalue weighted by Gasteiger charge is 2.41. The standard InChI is InChI=1S/C15H22BCl3N2O9S/c1-21-8-13(23)29-16(30-14(24)9-21)11(6-4-3-5-7-12(22)27-2)20-31(25,26)28-10-15(17,18)19/h4,6,11,20H,3,5,7-10H2,1-2H3/b6-4+. The van der Waals surface area contributed by atoms with Crippen molar-refractivity contribution in [3.8, 4) is 0 Å². The number of alkyl halides is 3. The topological polar surface area (TPSA) is 138 Å². The van der Waals surface area contributed by atoms with Gasteiger partial charge in [-0.25, -0.2) is 0 Å². The molecule has 0 bridgehead atoms. The van der Waals surface area contributed by atoms with E-state index < -0.39 is 51.7 Å². The van der Waals surface area contributed by atoms with Gasteiger partial charge >= 0.3 is 35.3 Å². The maximum absolute atomic E-state index is 12.2. The van der Waals surface area contributed by atoms with Crippen molar-refractivity contribution in [1.29, 1.82) is 0 Å². The third-order valence-electron chi connectivity index (χ3n) is 3.57. The van der Waals surface area contributed by atoms with Crippen LogP contribution in [0.5, 0.6) is 0 Å². The fraction of sp³-hybridized carbons (Fsp3) is 0.667. The summed E-state index contributed by atoms with van der Waals surface area (Å²) in [7, 11) is -3.36. The van der Waals surface area contributed by atoms with Gasteiger partial charge < -0.3 is 14.0 Å². The summed E-state index contributed by atoms with van der Waals surface area (Å²) in [5.41, 5.74) is 0. The number of hydrogen-bond donors (Lipinski definition) is 1. The van der Waals surface area contributed by atoms with Crippen molar-refractivity contribution >= 4 is 70.1 Å². The molecule has 0 amide bonds. The summed E-state index contributed by atoms with van der Waals surface area (Å²) < 4.78 is 43.8. The quantitative estimate of drug-likeness (QED) is 0.142. The smallest absolute Gasteiger partial charge is 0.497 e. The minimum atomic E-state index is -4.51. The zero-order valence-electron chi connectivity index (χ0n) is 16.7. The molecule has 0 radical (unpaired) electrons. The number of carbonyl (C=O) groups is 3. The number of methoxy groups -OCH3 is 1. The summed E-state index contributed by atoms with van der Waals surface area (Å²) in [4.78, 5) is 36.5. The van der Waals surface area contributed by atoms with Crippen LogP contribution in [0.15, 0.2) is 12.2 Å². The molecule has 1 saturated heterocycles. The van der Waals surface area contributed by atoms with E-state index in [1.807, 2.05) is 0 Å². The molecule has 0 aromatic carbocycles. The highest BCUT2D eigenvalue weighted by atomic mass is 35.6. The Morgan fingerprint density at radius 2 is 1.87 bits per heavy atom. The van der Waals surface area contributed by atoms with Crippen LogP contribution in [-0.4, -0.2) is 81.9 Å². The average Bonchev–Trinajstić information content (AvgIpc) is 2.62. The molecule has 16 heteroatoms. The highest BCUT2D eigenvalue weighted by Crippen LogP contribution is 2.26. The molecule has 1 aliphatic heterocycles. The van der Waals surface area contributed by atoms with E-state index in [4.69, 9.17) is 44.1 Å². The Balaban J connectivity index is 2.95. The number of allylic oxidation sites excluding steroid dienone is 1. The number of nitrogens with one attached hydrogen (secondary N) is 1. The van der Waals surface area contributed by atoms with E-state index in [0.717, 1.165) is 0 Å². The zero-order chi connectivity index (χ0) is 23.7. The summed E-state index contributed by atoms with van der Waals surface area (Å²) in [5, 5.41) is 0. The molecule has 11 nitrogen and oxygen atoms in total. The Hall–Kier alpha value is -1.09. The Kier molecular flexibility index (Phi) is 11.6. The van der Waals surface area contributed by atoms with Crippen molar-refractivity contribution in [3.05, 3.63) is 12.2 Å². The van der Waals surface area contributed by atoms with Crippen LogP contribution in [0.3, 0.4) is 0 Å². The fourth-order valence-corrected chi connectivity index (χ4v) is 3.52. The SMILES string of the molecule is COC(=O)CCC/C=C/C(NS(=O)(=O)OCC(Cl)(Cl)Cl)B1OC(=O)CN(C)CC(=O)O1. The summed E-state index contributed by atoms with van der Waals surface area (Å²) in [6.07, 6.45) is 3.70. The molecular formula is C15H22BCl3N2O9S. The average molecular weight is 524 g/mol. The number of hydrogen-bond acceptors (Lipinski definition) is 10. The lowest BCUT2D eigenvalue weighted by atomic mass is 9.78. The zero-order valence-corrected chi connectivity index (χ0v) is 19.8. The molecule has 1 atom stereocenters. The van der Waals surface area contributed by atoms with Crippen LogP contribution in [-0.2, 0) is 42.9 Å². The number of esters is 1.